The van der Waals surface area contributed by atoms with Crippen LogP contribution in [0.3, 0.4) is 0 Å². The van der Waals surface area contributed by atoms with Gasteiger partial charge in [0, 0.05) is 18.4 Å². The third-order valence-corrected chi connectivity index (χ3v) is 4.54. The number of benzene rings is 2. The molecule has 2 aromatic rings. The fraction of sp³-hybridized carbons (Fsp3) is 0.273. The standard InChI is InChI=1S/C22H25NO3/c1-5-21(25)23-14-19(16(3)24)22(17-9-7-6-8-10-17)18-11-12-20(26-4)15(2)13-18/h5-13,19,22H,1,14H2,2-4H3,(H,23,25). The van der Waals surface area contributed by atoms with Crippen LogP contribution in [-0.4, -0.2) is 25.3 Å². The lowest BCUT2D eigenvalue weighted by molar-refractivity contribution is -0.121. The van der Waals surface area contributed by atoms with Crippen molar-refractivity contribution in [1.29, 1.82) is 0 Å². The number of aryl methyl sites for hydroxylation is 1. The van der Waals surface area contributed by atoms with E-state index in [1.807, 2.05) is 55.5 Å². The van der Waals surface area contributed by atoms with Crippen molar-refractivity contribution in [3.8, 4) is 5.75 Å². The van der Waals surface area contributed by atoms with Crippen LogP contribution in [0.5, 0.6) is 5.75 Å². The van der Waals surface area contributed by atoms with Gasteiger partial charge in [0.15, 0.2) is 0 Å². The van der Waals surface area contributed by atoms with Gasteiger partial charge >= 0.3 is 0 Å². The molecule has 1 N–H and O–H groups in total. The van der Waals surface area contributed by atoms with Gasteiger partial charge in [-0.3, -0.25) is 9.59 Å². The number of amides is 1. The number of hydrogen-bond donors (Lipinski definition) is 1. The third kappa shape index (κ3) is 4.60. The Morgan fingerprint density at radius 3 is 2.38 bits per heavy atom. The average molecular weight is 351 g/mol. The molecule has 0 spiro atoms. The van der Waals surface area contributed by atoms with Gasteiger partial charge in [-0.15, -0.1) is 0 Å². The maximum absolute atomic E-state index is 12.4. The van der Waals surface area contributed by atoms with Crippen molar-refractivity contribution in [3.63, 3.8) is 0 Å². The Morgan fingerprint density at radius 1 is 1.15 bits per heavy atom. The fourth-order valence-electron chi connectivity index (χ4n) is 3.19. The molecule has 0 radical (unpaired) electrons. The minimum Gasteiger partial charge on any atom is -0.496 e. The molecule has 26 heavy (non-hydrogen) atoms. The molecule has 1 amide bonds. The molecule has 0 saturated carbocycles. The molecule has 0 fully saturated rings. The van der Waals surface area contributed by atoms with Crippen molar-refractivity contribution in [2.75, 3.05) is 13.7 Å². The number of carbonyl (C=O) groups is 2. The van der Waals surface area contributed by atoms with Gasteiger partial charge in [-0.25, -0.2) is 0 Å². The molecule has 0 aliphatic rings. The van der Waals surface area contributed by atoms with Gasteiger partial charge in [0.1, 0.15) is 11.5 Å². The normalized spacial score (nSPS) is 12.7. The summed E-state index contributed by atoms with van der Waals surface area (Å²) in [4.78, 5) is 24.1. The van der Waals surface area contributed by atoms with Gasteiger partial charge in [-0.05, 0) is 42.7 Å². The Kier molecular flexibility index (Phi) is 6.73. The quantitative estimate of drug-likeness (QED) is 0.739. The molecule has 0 heterocycles. The molecule has 0 aliphatic carbocycles. The summed E-state index contributed by atoms with van der Waals surface area (Å²) < 4.78 is 5.35. The lowest BCUT2D eigenvalue weighted by Gasteiger charge is -2.27. The van der Waals surface area contributed by atoms with E-state index in [2.05, 4.69) is 11.9 Å². The summed E-state index contributed by atoms with van der Waals surface area (Å²) in [6.07, 6.45) is 1.21. The second kappa shape index (κ2) is 8.99. The molecular weight excluding hydrogens is 326 g/mol. The molecule has 0 bridgehead atoms. The predicted molar refractivity (Wildman–Crippen MR) is 103 cm³/mol. The molecule has 4 nitrogen and oxygen atoms in total. The van der Waals surface area contributed by atoms with Crippen LogP contribution < -0.4 is 10.1 Å². The highest BCUT2D eigenvalue weighted by molar-refractivity contribution is 5.88. The maximum Gasteiger partial charge on any atom is 0.243 e. The number of nitrogens with one attached hydrogen (secondary N) is 1. The number of rotatable bonds is 8. The van der Waals surface area contributed by atoms with Crippen LogP contribution in [0.15, 0.2) is 61.2 Å². The van der Waals surface area contributed by atoms with Crippen molar-refractivity contribution < 1.29 is 14.3 Å². The Balaban J connectivity index is 2.48. The maximum atomic E-state index is 12.4. The summed E-state index contributed by atoms with van der Waals surface area (Å²) in [5.74, 6) is 0.00285. The highest BCUT2D eigenvalue weighted by Gasteiger charge is 2.29. The number of carbonyl (C=O) groups excluding carboxylic acids is 2. The van der Waals surface area contributed by atoms with Crippen molar-refractivity contribution >= 4 is 11.7 Å². The lowest BCUT2D eigenvalue weighted by atomic mass is 9.78. The van der Waals surface area contributed by atoms with Gasteiger partial charge in [-0.1, -0.05) is 49.0 Å². The van der Waals surface area contributed by atoms with Crippen LogP contribution in [0.25, 0.3) is 0 Å². The molecule has 0 saturated heterocycles. The van der Waals surface area contributed by atoms with E-state index in [0.717, 1.165) is 22.4 Å². The first-order valence-corrected chi connectivity index (χ1v) is 8.58. The van der Waals surface area contributed by atoms with E-state index in [9.17, 15) is 9.59 Å². The average Bonchev–Trinajstić information content (AvgIpc) is 2.65. The van der Waals surface area contributed by atoms with E-state index in [-0.39, 0.29) is 30.1 Å². The molecule has 2 unspecified atom stereocenters. The zero-order valence-electron chi connectivity index (χ0n) is 15.5. The monoisotopic (exact) mass is 351 g/mol. The summed E-state index contributed by atoms with van der Waals surface area (Å²) >= 11 is 0. The third-order valence-electron chi connectivity index (χ3n) is 4.54. The Hall–Kier alpha value is -2.88. The summed E-state index contributed by atoms with van der Waals surface area (Å²) in [5.41, 5.74) is 3.05. The van der Waals surface area contributed by atoms with E-state index in [0.29, 0.717) is 0 Å². The minimum absolute atomic E-state index is 0.0247. The van der Waals surface area contributed by atoms with Crippen molar-refractivity contribution in [1.82, 2.24) is 5.32 Å². The van der Waals surface area contributed by atoms with Crippen LogP contribution in [-0.2, 0) is 9.59 Å². The largest absolute Gasteiger partial charge is 0.496 e. The minimum atomic E-state index is -0.380. The summed E-state index contributed by atoms with van der Waals surface area (Å²) in [6.45, 7) is 7.26. The first-order valence-electron chi connectivity index (χ1n) is 8.58. The van der Waals surface area contributed by atoms with Crippen LogP contribution in [0.1, 0.15) is 29.5 Å². The van der Waals surface area contributed by atoms with E-state index >= 15 is 0 Å². The number of Topliss-reactive ketones (excluding diaryl/α,β-unsaturated/α-hetero) is 1. The molecule has 2 rings (SSSR count). The molecule has 4 heteroatoms. The van der Waals surface area contributed by atoms with Crippen LogP contribution in [0.4, 0.5) is 0 Å². The number of methoxy groups -OCH3 is 1. The predicted octanol–water partition coefficient (Wildman–Crippen LogP) is 3.64. The molecule has 136 valence electrons. The lowest BCUT2D eigenvalue weighted by Crippen LogP contribution is -2.35. The van der Waals surface area contributed by atoms with Crippen molar-refractivity contribution in [2.24, 2.45) is 5.92 Å². The fourth-order valence-corrected chi connectivity index (χ4v) is 3.19. The first kappa shape index (κ1) is 19.4. The highest BCUT2D eigenvalue weighted by Crippen LogP contribution is 2.34. The topological polar surface area (TPSA) is 55.4 Å². The van der Waals surface area contributed by atoms with Crippen LogP contribution in [0.2, 0.25) is 0 Å². The molecule has 2 atom stereocenters. The smallest absolute Gasteiger partial charge is 0.243 e. The Labute approximate surface area is 154 Å². The van der Waals surface area contributed by atoms with Gasteiger partial charge in [0.05, 0.1) is 7.11 Å². The zero-order chi connectivity index (χ0) is 19.1. The molecular formula is C22H25NO3. The molecule has 0 aliphatic heterocycles. The SMILES string of the molecule is C=CC(=O)NCC(C(C)=O)C(c1ccccc1)c1ccc(OC)c(C)c1. The van der Waals surface area contributed by atoms with E-state index in [4.69, 9.17) is 4.74 Å². The van der Waals surface area contributed by atoms with E-state index < -0.39 is 0 Å². The zero-order valence-corrected chi connectivity index (χ0v) is 15.5. The Bertz CT molecular complexity index is 783. The number of ether oxygens (including phenoxy) is 1. The molecule has 2 aromatic carbocycles. The first-order chi connectivity index (χ1) is 12.5. The second-order valence-corrected chi connectivity index (χ2v) is 6.28. The molecule has 0 aromatic heterocycles. The van der Waals surface area contributed by atoms with Gasteiger partial charge in [0.2, 0.25) is 5.91 Å². The summed E-state index contributed by atoms with van der Waals surface area (Å²) in [6, 6.07) is 15.8. The van der Waals surface area contributed by atoms with E-state index in [1.54, 1.807) is 14.0 Å². The van der Waals surface area contributed by atoms with Gasteiger partial charge in [-0.2, -0.15) is 0 Å². The van der Waals surface area contributed by atoms with Crippen molar-refractivity contribution in [2.45, 2.75) is 19.8 Å². The van der Waals surface area contributed by atoms with E-state index in [1.165, 1.54) is 6.08 Å². The number of ketones is 1. The van der Waals surface area contributed by atoms with Gasteiger partial charge < -0.3 is 10.1 Å². The summed E-state index contributed by atoms with van der Waals surface area (Å²) in [7, 11) is 1.64. The van der Waals surface area contributed by atoms with Crippen LogP contribution in [0, 0.1) is 12.8 Å². The van der Waals surface area contributed by atoms with Crippen LogP contribution >= 0.6 is 0 Å². The van der Waals surface area contributed by atoms with Crippen molar-refractivity contribution in [3.05, 3.63) is 77.9 Å². The second-order valence-electron chi connectivity index (χ2n) is 6.28. The number of hydrogen-bond acceptors (Lipinski definition) is 3. The highest BCUT2D eigenvalue weighted by atomic mass is 16.5. The Morgan fingerprint density at radius 2 is 1.85 bits per heavy atom. The summed E-state index contributed by atoms with van der Waals surface area (Å²) in [5, 5.41) is 2.77. The van der Waals surface area contributed by atoms with Gasteiger partial charge in [0.25, 0.3) is 0 Å².